The number of esters is 1. The van der Waals surface area contributed by atoms with Crippen molar-refractivity contribution in [2.24, 2.45) is 0 Å². The first-order valence-corrected chi connectivity index (χ1v) is 3.66. The predicted molar refractivity (Wildman–Crippen MR) is 41.7 cm³/mol. The Morgan fingerprint density at radius 2 is 2.23 bits per heavy atom. The first kappa shape index (κ1) is 9.88. The molecule has 0 radical (unpaired) electrons. The lowest BCUT2D eigenvalue weighted by atomic mass is 10.0. The highest BCUT2D eigenvalue weighted by Gasteiger charge is 2.51. The van der Waals surface area contributed by atoms with Crippen LogP contribution in [0.5, 0.6) is 0 Å². The molecule has 0 heterocycles. The van der Waals surface area contributed by atoms with E-state index in [0.29, 0.717) is 0 Å². The molecule has 0 bridgehead atoms. The fraction of sp³-hybridized carbons (Fsp3) is 0.500. The van der Waals surface area contributed by atoms with Crippen LogP contribution >= 0.6 is 0 Å². The van der Waals surface area contributed by atoms with Crippen LogP contribution in [0.2, 0.25) is 0 Å². The van der Waals surface area contributed by atoms with Crippen molar-refractivity contribution in [3.8, 4) is 0 Å². The SMILES string of the molecule is COC(=O)C1(O)C=C(C)C(O)C1=O. The van der Waals surface area contributed by atoms with Crippen LogP contribution in [0.25, 0.3) is 0 Å². The molecule has 0 aromatic heterocycles. The standard InChI is InChI=1S/C8H10O5/c1-4-3-8(12,7(11)13-2)6(10)5(4)9/h3,5,9,12H,1-2H3. The third kappa shape index (κ3) is 1.26. The van der Waals surface area contributed by atoms with E-state index in [2.05, 4.69) is 4.74 Å². The van der Waals surface area contributed by atoms with Gasteiger partial charge in [0.15, 0.2) is 0 Å². The second-order valence-corrected chi connectivity index (χ2v) is 2.91. The van der Waals surface area contributed by atoms with Crippen LogP contribution in [-0.2, 0) is 14.3 Å². The van der Waals surface area contributed by atoms with Crippen molar-refractivity contribution in [1.82, 2.24) is 0 Å². The van der Waals surface area contributed by atoms with Crippen LogP contribution in [-0.4, -0.2) is 40.8 Å². The molecule has 5 heteroatoms. The van der Waals surface area contributed by atoms with Gasteiger partial charge in [-0.05, 0) is 18.6 Å². The van der Waals surface area contributed by atoms with Crippen LogP contribution < -0.4 is 0 Å². The molecule has 0 aromatic rings. The number of methoxy groups -OCH3 is 1. The zero-order chi connectivity index (χ0) is 10.2. The molecule has 2 atom stereocenters. The van der Waals surface area contributed by atoms with E-state index in [0.717, 1.165) is 13.2 Å². The van der Waals surface area contributed by atoms with Crippen molar-refractivity contribution in [2.75, 3.05) is 7.11 Å². The molecule has 0 aliphatic heterocycles. The summed E-state index contributed by atoms with van der Waals surface area (Å²) < 4.78 is 4.24. The molecule has 5 nitrogen and oxygen atoms in total. The number of aliphatic hydroxyl groups excluding tert-OH is 1. The fourth-order valence-corrected chi connectivity index (χ4v) is 1.21. The van der Waals surface area contributed by atoms with Crippen LogP contribution in [0.4, 0.5) is 0 Å². The topological polar surface area (TPSA) is 83.8 Å². The largest absolute Gasteiger partial charge is 0.466 e. The first-order chi connectivity index (χ1) is 5.93. The number of carbonyl (C=O) groups excluding carboxylic acids is 2. The summed E-state index contributed by atoms with van der Waals surface area (Å²) in [7, 11) is 1.06. The van der Waals surface area contributed by atoms with Gasteiger partial charge in [0.05, 0.1) is 7.11 Å². The minimum absolute atomic E-state index is 0.248. The number of hydrogen-bond donors (Lipinski definition) is 2. The number of Topliss-reactive ketones (excluding diaryl/α,β-unsaturated/α-hetero) is 1. The van der Waals surface area contributed by atoms with E-state index in [1.807, 2.05) is 0 Å². The Morgan fingerprint density at radius 1 is 1.69 bits per heavy atom. The Kier molecular flexibility index (Phi) is 2.23. The molecule has 0 fully saturated rings. The molecular weight excluding hydrogens is 176 g/mol. The van der Waals surface area contributed by atoms with E-state index in [1.165, 1.54) is 6.92 Å². The summed E-state index contributed by atoms with van der Waals surface area (Å²) in [5.41, 5.74) is -2.06. The van der Waals surface area contributed by atoms with E-state index in [4.69, 9.17) is 5.11 Å². The molecule has 1 aliphatic rings. The van der Waals surface area contributed by atoms with Gasteiger partial charge in [0.1, 0.15) is 6.10 Å². The average molecular weight is 186 g/mol. The van der Waals surface area contributed by atoms with E-state index in [9.17, 15) is 14.7 Å². The molecule has 1 rings (SSSR count). The summed E-state index contributed by atoms with van der Waals surface area (Å²) in [4.78, 5) is 22.2. The molecule has 13 heavy (non-hydrogen) atoms. The van der Waals surface area contributed by atoms with Crippen molar-refractivity contribution in [2.45, 2.75) is 18.6 Å². The molecule has 2 unspecified atom stereocenters. The lowest BCUT2D eigenvalue weighted by molar-refractivity contribution is -0.163. The number of hydrogen-bond acceptors (Lipinski definition) is 5. The molecule has 0 saturated carbocycles. The van der Waals surface area contributed by atoms with E-state index in [-0.39, 0.29) is 5.57 Å². The maximum absolute atomic E-state index is 11.2. The van der Waals surface area contributed by atoms with E-state index in [1.54, 1.807) is 0 Å². The van der Waals surface area contributed by atoms with Crippen LogP contribution in [0, 0.1) is 0 Å². The minimum atomic E-state index is -2.31. The van der Waals surface area contributed by atoms with Gasteiger partial charge in [0, 0.05) is 0 Å². The zero-order valence-corrected chi connectivity index (χ0v) is 7.27. The van der Waals surface area contributed by atoms with Gasteiger partial charge in [-0.3, -0.25) is 4.79 Å². The number of rotatable bonds is 1. The van der Waals surface area contributed by atoms with Gasteiger partial charge >= 0.3 is 5.97 Å². The molecule has 72 valence electrons. The van der Waals surface area contributed by atoms with Gasteiger partial charge in [-0.1, -0.05) is 0 Å². The fourth-order valence-electron chi connectivity index (χ4n) is 1.21. The smallest absolute Gasteiger partial charge is 0.350 e. The maximum atomic E-state index is 11.2. The van der Waals surface area contributed by atoms with E-state index >= 15 is 0 Å². The molecule has 0 amide bonds. The summed E-state index contributed by atoms with van der Waals surface area (Å²) in [6, 6.07) is 0. The lowest BCUT2D eigenvalue weighted by Gasteiger charge is -2.15. The monoisotopic (exact) mass is 186 g/mol. The molecule has 1 aliphatic carbocycles. The second-order valence-electron chi connectivity index (χ2n) is 2.91. The third-order valence-electron chi connectivity index (χ3n) is 1.99. The Morgan fingerprint density at radius 3 is 2.54 bits per heavy atom. The van der Waals surface area contributed by atoms with Gasteiger partial charge in [0.25, 0.3) is 0 Å². The normalized spacial score (nSPS) is 33.1. The van der Waals surface area contributed by atoms with Crippen molar-refractivity contribution < 1.29 is 24.5 Å². The maximum Gasteiger partial charge on any atom is 0.350 e. The second kappa shape index (κ2) is 2.93. The van der Waals surface area contributed by atoms with Crippen LogP contribution in [0.3, 0.4) is 0 Å². The highest BCUT2D eigenvalue weighted by Crippen LogP contribution is 2.25. The third-order valence-corrected chi connectivity index (χ3v) is 1.99. The summed E-state index contributed by atoms with van der Waals surface area (Å²) in [5, 5.41) is 18.7. The molecule has 0 aromatic carbocycles. The summed E-state index contributed by atoms with van der Waals surface area (Å²) in [6.45, 7) is 1.45. The number of carbonyl (C=O) groups is 2. The van der Waals surface area contributed by atoms with Gasteiger partial charge in [-0.25, -0.2) is 4.79 Å². The number of aliphatic hydroxyl groups is 2. The van der Waals surface area contributed by atoms with E-state index < -0.39 is 23.5 Å². The molecule has 2 N–H and O–H groups in total. The Hall–Kier alpha value is -1.20. The van der Waals surface area contributed by atoms with Gasteiger partial charge in [-0.2, -0.15) is 0 Å². The highest BCUT2D eigenvalue weighted by molar-refractivity contribution is 6.14. The molecular formula is C8H10O5. The van der Waals surface area contributed by atoms with Gasteiger partial charge in [-0.15, -0.1) is 0 Å². The first-order valence-electron chi connectivity index (χ1n) is 3.66. The van der Waals surface area contributed by atoms with Gasteiger partial charge < -0.3 is 14.9 Å². The quantitative estimate of drug-likeness (QED) is 0.304. The summed E-state index contributed by atoms with van der Waals surface area (Å²) >= 11 is 0. The summed E-state index contributed by atoms with van der Waals surface area (Å²) in [6.07, 6.45) is -0.407. The Bertz CT molecular complexity index is 293. The van der Waals surface area contributed by atoms with Crippen molar-refractivity contribution in [3.05, 3.63) is 11.6 Å². The summed E-state index contributed by atoms with van der Waals surface area (Å²) in [5.74, 6) is -2.04. The molecule has 0 saturated heterocycles. The highest BCUT2D eigenvalue weighted by atomic mass is 16.5. The van der Waals surface area contributed by atoms with Crippen molar-refractivity contribution >= 4 is 11.8 Å². The van der Waals surface area contributed by atoms with Crippen LogP contribution in [0.1, 0.15) is 6.92 Å². The van der Waals surface area contributed by atoms with Crippen LogP contribution in [0.15, 0.2) is 11.6 Å². The lowest BCUT2D eigenvalue weighted by Crippen LogP contribution is -2.46. The van der Waals surface area contributed by atoms with Crippen molar-refractivity contribution in [1.29, 1.82) is 0 Å². The minimum Gasteiger partial charge on any atom is -0.466 e. The Labute approximate surface area is 74.6 Å². The number of ether oxygens (including phenoxy) is 1. The molecule has 0 spiro atoms. The van der Waals surface area contributed by atoms with Gasteiger partial charge in [0.2, 0.25) is 11.4 Å². The Balaban J connectivity index is 3.07. The van der Waals surface area contributed by atoms with Crippen molar-refractivity contribution in [3.63, 3.8) is 0 Å². The number of ketones is 1. The predicted octanol–water partition coefficient (Wildman–Crippen LogP) is -1.22. The zero-order valence-electron chi connectivity index (χ0n) is 7.27. The average Bonchev–Trinajstić information content (AvgIpc) is 2.30.